The van der Waals surface area contributed by atoms with Crippen LogP contribution in [0.3, 0.4) is 0 Å². The third-order valence-corrected chi connectivity index (χ3v) is 2.33. The molecule has 0 aliphatic rings. The number of hydrogen-bond acceptors (Lipinski definition) is 1. The van der Waals surface area contributed by atoms with Gasteiger partial charge in [0.25, 0.3) is 0 Å². The van der Waals surface area contributed by atoms with Crippen molar-refractivity contribution >= 4 is 33.4 Å². The molecule has 70 valence electrons. The molecule has 1 aromatic carbocycles. The molecule has 13 heavy (non-hydrogen) atoms. The van der Waals surface area contributed by atoms with E-state index >= 15 is 0 Å². The van der Waals surface area contributed by atoms with Crippen LogP contribution in [0.5, 0.6) is 0 Å². The Morgan fingerprint density at radius 1 is 1.54 bits per heavy atom. The van der Waals surface area contributed by atoms with Crippen molar-refractivity contribution < 1.29 is 4.79 Å². The fraction of sp³-hybridized carbons (Fsp3) is 0.222. The van der Waals surface area contributed by atoms with Crippen LogP contribution in [0.4, 0.5) is 0 Å². The summed E-state index contributed by atoms with van der Waals surface area (Å²) in [4.78, 5) is 11.0. The molecule has 0 unspecified atom stereocenters. The summed E-state index contributed by atoms with van der Waals surface area (Å²) in [5.74, 6) is -0.410. The summed E-state index contributed by atoms with van der Waals surface area (Å²) in [6, 6.07) is 5.09. The van der Waals surface area contributed by atoms with Crippen molar-refractivity contribution in [3.8, 4) is 0 Å². The van der Waals surface area contributed by atoms with Gasteiger partial charge in [-0.3, -0.25) is 4.79 Å². The van der Waals surface area contributed by atoms with Crippen molar-refractivity contribution in [1.29, 1.82) is 0 Å². The van der Waals surface area contributed by atoms with E-state index in [0.717, 1.165) is 17.3 Å². The summed E-state index contributed by atoms with van der Waals surface area (Å²) >= 11 is 9.09. The molecule has 0 atom stereocenters. The first-order valence-electron chi connectivity index (χ1n) is 3.79. The highest BCUT2D eigenvalue weighted by Gasteiger charge is 2.07. The Kier molecular flexibility index (Phi) is 3.75. The summed E-state index contributed by atoms with van der Waals surface area (Å²) in [5, 5.41) is 1.41. The fourth-order valence-corrected chi connectivity index (χ4v) is 1.73. The lowest BCUT2D eigenvalue weighted by atomic mass is 10.1. The zero-order valence-corrected chi connectivity index (χ0v) is 9.23. The van der Waals surface area contributed by atoms with E-state index in [1.165, 1.54) is 0 Å². The van der Waals surface area contributed by atoms with Crippen LogP contribution in [-0.4, -0.2) is 11.2 Å². The Bertz CT molecular complexity index is 327. The van der Waals surface area contributed by atoms with Gasteiger partial charge in [0.2, 0.25) is 5.91 Å². The molecule has 0 spiro atoms. The number of aryl methyl sites for hydroxylation is 1. The molecule has 0 saturated carbocycles. The van der Waals surface area contributed by atoms with Gasteiger partial charge in [-0.1, -0.05) is 27.5 Å². The van der Waals surface area contributed by atoms with E-state index in [9.17, 15) is 4.79 Å². The van der Waals surface area contributed by atoms with Crippen LogP contribution in [0.2, 0.25) is 5.02 Å². The lowest BCUT2D eigenvalue weighted by Gasteiger charge is -2.04. The van der Waals surface area contributed by atoms with Crippen LogP contribution in [0.1, 0.15) is 15.9 Å². The Morgan fingerprint density at radius 3 is 2.77 bits per heavy atom. The Hall–Kier alpha value is -0.540. The van der Waals surface area contributed by atoms with E-state index in [1.54, 1.807) is 18.2 Å². The van der Waals surface area contributed by atoms with Crippen LogP contribution in [0, 0.1) is 0 Å². The summed E-state index contributed by atoms with van der Waals surface area (Å²) in [6.07, 6.45) is 0.749. The quantitative estimate of drug-likeness (QED) is 0.835. The molecule has 0 aliphatic carbocycles. The molecular formula is C9H9BrClNO. The summed E-state index contributed by atoms with van der Waals surface area (Å²) in [7, 11) is 0. The van der Waals surface area contributed by atoms with Crippen molar-refractivity contribution in [2.24, 2.45) is 5.73 Å². The molecule has 0 heterocycles. The molecule has 1 aromatic rings. The molecule has 0 aromatic heterocycles. The van der Waals surface area contributed by atoms with Gasteiger partial charge in [-0.2, -0.15) is 0 Å². The molecule has 0 bridgehead atoms. The number of alkyl halides is 1. The van der Waals surface area contributed by atoms with Crippen LogP contribution < -0.4 is 5.73 Å². The van der Waals surface area contributed by atoms with Gasteiger partial charge in [0.1, 0.15) is 0 Å². The second kappa shape index (κ2) is 4.63. The first-order chi connectivity index (χ1) is 6.15. The maximum Gasteiger partial charge on any atom is 0.248 e. The van der Waals surface area contributed by atoms with Crippen molar-refractivity contribution in [2.75, 3.05) is 5.33 Å². The highest BCUT2D eigenvalue weighted by molar-refractivity contribution is 9.09. The monoisotopic (exact) mass is 261 g/mol. The molecule has 2 nitrogen and oxygen atoms in total. The average Bonchev–Trinajstić information content (AvgIpc) is 2.04. The molecular weight excluding hydrogens is 253 g/mol. The van der Waals surface area contributed by atoms with E-state index in [0.29, 0.717) is 10.6 Å². The minimum atomic E-state index is -0.410. The maximum absolute atomic E-state index is 11.0. The second-order valence-electron chi connectivity index (χ2n) is 2.60. The summed E-state index contributed by atoms with van der Waals surface area (Å²) in [6.45, 7) is 0. The van der Waals surface area contributed by atoms with Gasteiger partial charge in [0.05, 0.1) is 0 Å². The zero-order valence-electron chi connectivity index (χ0n) is 6.89. The third-order valence-electron chi connectivity index (χ3n) is 1.70. The van der Waals surface area contributed by atoms with Gasteiger partial charge in [0.15, 0.2) is 0 Å². The van der Waals surface area contributed by atoms with E-state index in [2.05, 4.69) is 15.9 Å². The number of halogens is 2. The average molecular weight is 263 g/mol. The largest absolute Gasteiger partial charge is 0.366 e. The van der Waals surface area contributed by atoms with Crippen molar-refractivity contribution in [1.82, 2.24) is 0 Å². The lowest BCUT2D eigenvalue weighted by Crippen LogP contribution is -2.13. The number of rotatable bonds is 3. The molecule has 0 aliphatic heterocycles. The van der Waals surface area contributed by atoms with Crippen LogP contribution in [-0.2, 0) is 6.42 Å². The van der Waals surface area contributed by atoms with Gasteiger partial charge < -0.3 is 5.73 Å². The molecule has 4 heteroatoms. The minimum absolute atomic E-state index is 0.410. The number of carbonyl (C=O) groups excluding carboxylic acids is 1. The molecule has 0 radical (unpaired) electrons. The van der Waals surface area contributed by atoms with E-state index in [-0.39, 0.29) is 0 Å². The second-order valence-corrected chi connectivity index (χ2v) is 3.83. The van der Waals surface area contributed by atoms with Crippen LogP contribution in [0.15, 0.2) is 18.2 Å². The van der Waals surface area contributed by atoms with E-state index in [1.807, 2.05) is 0 Å². The van der Waals surface area contributed by atoms with Gasteiger partial charge >= 0.3 is 0 Å². The van der Waals surface area contributed by atoms with Crippen LogP contribution in [0.25, 0.3) is 0 Å². The van der Waals surface area contributed by atoms with E-state index < -0.39 is 5.91 Å². The predicted octanol–water partition coefficient (Wildman–Crippen LogP) is 2.38. The Labute approximate surface area is 90.2 Å². The van der Waals surface area contributed by atoms with Crippen molar-refractivity contribution in [2.45, 2.75) is 6.42 Å². The third kappa shape index (κ3) is 2.71. The summed E-state index contributed by atoms with van der Waals surface area (Å²) in [5.41, 5.74) is 6.63. The lowest BCUT2D eigenvalue weighted by molar-refractivity contribution is 0.0999. The van der Waals surface area contributed by atoms with Crippen LogP contribution >= 0.6 is 27.5 Å². The predicted molar refractivity (Wildman–Crippen MR) is 57.5 cm³/mol. The number of amides is 1. The number of primary amides is 1. The number of carbonyl (C=O) groups is 1. The highest BCUT2D eigenvalue weighted by atomic mass is 79.9. The molecule has 1 amide bonds. The maximum atomic E-state index is 11.0. The van der Waals surface area contributed by atoms with Crippen molar-refractivity contribution in [3.63, 3.8) is 0 Å². The standard InChI is InChI=1S/C9H9BrClNO/c10-4-3-6-5-7(11)1-2-8(6)9(12)13/h1-2,5H,3-4H2,(H2,12,13). The number of benzene rings is 1. The fourth-order valence-electron chi connectivity index (χ4n) is 1.11. The smallest absolute Gasteiger partial charge is 0.248 e. The number of nitrogens with two attached hydrogens (primary N) is 1. The van der Waals surface area contributed by atoms with Gasteiger partial charge in [-0.25, -0.2) is 0 Å². The van der Waals surface area contributed by atoms with E-state index in [4.69, 9.17) is 17.3 Å². The minimum Gasteiger partial charge on any atom is -0.366 e. The first-order valence-corrected chi connectivity index (χ1v) is 5.29. The normalized spacial score (nSPS) is 10.0. The molecule has 1 rings (SSSR count). The number of hydrogen-bond donors (Lipinski definition) is 1. The zero-order chi connectivity index (χ0) is 9.84. The van der Waals surface area contributed by atoms with Gasteiger partial charge in [-0.05, 0) is 30.2 Å². The molecule has 2 N–H and O–H groups in total. The van der Waals surface area contributed by atoms with Gasteiger partial charge in [0, 0.05) is 15.9 Å². The van der Waals surface area contributed by atoms with Gasteiger partial charge in [-0.15, -0.1) is 0 Å². The highest BCUT2D eigenvalue weighted by Crippen LogP contribution is 2.16. The Morgan fingerprint density at radius 2 is 2.23 bits per heavy atom. The molecule has 0 saturated heterocycles. The topological polar surface area (TPSA) is 43.1 Å². The molecule has 0 fully saturated rings. The summed E-state index contributed by atoms with van der Waals surface area (Å²) < 4.78 is 0. The first kappa shape index (κ1) is 10.5. The Balaban J connectivity index is 3.10. The SMILES string of the molecule is NC(=O)c1ccc(Cl)cc1CCBr. The van der Waals surface area contributed by atoms with Crippen molar-refractivity contribution in [3.05, 3.63) is 34.3 Å².